The van der Waals surface area contributed by atoms with Crippen LogP contribution < -0.4 is 15.0 Å². The van der Waals surface area contributed by atoms with Crippen molar-refractivity contribution in [3.05, 3.63) is 35.9 Å². The SMILES string of the molecule is COc1ccc(C)cc1NC(=O)CSc1ccc(N2CCC(C(=O)N3CCCCC3)CC2)nn1. The molecule has 0 unspecified atom stereocenters. The third kappa shape index (κ3) is 6.20. The number of benzene rings is 1. The minimum absolute atomic E-state index is 0.125. The Bertz CT molecular complexity index is 987. The van der Waals surface area contributed by atoms with E-state index in [0.717, 1.165) is 63.2 Å². The number of piperidine rings is 2. The van der Waals surface area contributed by atoms with Crippen molar-refractivity contribution in [1.29, 1.82) is 0 Å². The van der Waals surface area contributed by atoms with Crippen LogP contribution in [0.25, 0.3) is 0 Å². The monoisotopic (exact) mass is 483 g/mol. The maximum absolute atomic E-state index is 12.8. The highest BCUT2D eigenvalue weighted by Gasteiger charge is 2.29. The van der Waals surface area contributed by atoms with Gasteiger partial charge in [0.1, 0.15) is 10.8 Å². The van der Waals surface area contributed by atoms with Gasteiger partial charge in [0.15, 0.2) is 5.82 Å². The minimum Gasteiger partial charge on any atom is -0.495 e. The zero-order valence-corrected chi connectivity index (χ0v) is 20.8. The molecule has 2 fully saturated rings. The summed E-state index contributed by atoms with van der Waals surface area (Å²) in [4.78, 5) is 29.4. The summed E-state index contributed by atoms with van der Waals surface area (Å²) >= 11 is 1.35. The number of aromatic nitrogens is 2. The van der Waals surface area contributed by atoms with Crippen LogP contribution in [0.5, 0.6) is 5.75 Å². The van der Waals surface area contributed by atoms with Gasteiger partial charge in [-0.25, -0.2) is 0 Å². The van der Waals surface area contributed by atoms with Gasteiger partial charge in [0.05, 0.1) is 18.6 Å². The van der Waals surface area contributed by atoms with Gasteiger partial charge in [-0.1, -0.05) is 17.8 Å². The Hall–Kier alpha value is -2.81. The van der Waals surface area contributed by atoms with E-state index < -0.39 is 0 Å². The van der Waals surface area contributed by atoms with E-state index in [0.29, 0.717) is 22.4 Å². The molecule has 1 N–H and O–H groups in total. The number of thioether (sulfide) groups is 1. The van der Waals surface area contributed by atoms with E-state index in [1.54, 1.807) is 7.11 Å². The molecule has 2 amide bonds. The first-order chi connectivity index (χ1) is 16.5. The normalized spacial score (nSPS) is 16.9. The van der Waals surface area contributed by atoms with Crippen molar-refractivity contribution >= 4 is 35.1 Å². The Labute approximate surface area is 205 Å². The number of rotatable bonds is 7. The summed E-state index contributed by atoms with van der Waals surface area (Å²) in [6, 6.07) is 9.52. The number of aryl methyl sites for hydroxylation is 1. The van der Waals surface area contributed by atoms with Crippen LogP contribution in [0.4, 0.5) is 11.5 Å². The fourth-order valence-electron chi connectivity index (χ4n) is 4.53. The second-order valence-corrected chi connectivity index (χ2v) is 9.91. The van der Waals surface area contributed by atoms with Gasteiger partial charge in [-0.2, -0.15) is 0 Å². The predicted molar refractivity (Wildman–Crippen MR) is 134 cm³/mol. The average Bonchev–Trinajstić information content (AvgIpc) is 2.88. The summed E-state index contributed by atoms with van der Waals surface area (Å²) in [5, 5.41) is 12.3. The Kier molecular flexibility index (Phi) is 8.26. The lowest BCUT2D eigenvalue weighted by atomic mass is 9.94. The van der Waals surface area contributed by atoms with Crippen LogP contribution in [-0.4, -0.2) is 66.0 Å². The van der Waals surface area contributed by atoms with Crippen molar-refractivity contribution < 1.29 is 14.3 Å². The van der Waals surface area contributed by atoms with Crippen molar-refractivity contribution in [2.45, 2.75) is 44.1 Å². The van der Waals surface area contributed by atoms with Gasteiger partial charge >= 0.3 is 0 Å². The van der Waals surface area contributed by atoms with Gasteiger partial charge in [0.25, 0.3) is 0 Å². The molecule has 8 nitrogen and oxygen atoms in total. The van der Waals surface area contributed by atoms with E-state index in [1.807, 2.05) is 37.3 Å². The molecule has 0 bridgehead atoms. The number of likely N-dealkylation sites (tertiary alicyclic amines) is 1. The van der Waals surface area contributed by atoms with Crippen LogP contribution >= 0.6 is 11.8 Å². The summed E-state index contributed by atoms with van der Waals surface area (Å²) in [5.41, 5.74) is 1.71. The van der Waals surface area contributed by atoms with E-state index in [-0.39, 0.29) is 17.6 Å². The molecule has 0 spiro atoms. The number of nitrogens with one attached hydrogen (secondary N) is 1. The van der Waals surface area contributed by atoms with Crippen molar-refractivity contribution in [2.75, 3.05) is 49.3 Å². The van der Waals surface area contributed by atoms with Crippen LogP contribution in [0.2, 0.25) is 0 Å². The summed E-state index contributed by atoms with van der Waals surface area (Å²) in [6.45, 7) is 5.43. The maximum atomic E-state index is 12.8. The first-order valence-corrected chi connectivity index (χ1v) is 13.0. The first kappa shape index (κ1) is 24.3. The molecular weight excluding hydrogens is 450 g/mol. The van der Waals surface area contributed by atoms with E-state index in [4.69, 9.17) is 4.74 Å². The molecule has 3 heterocycles. The number of anilines is 2. The zero-order chi connectivity index (χ0) is 23.9. The number of amides is 2. The van der Waals surface area contributed by atoms with Crippen LogP contribution in [-0.2, 0) is 9.59 Å². The second kappa shape index (κ2) is 11.6. The van der Waals surface area contributed by atoms with Crippen LogP contribution in [0, 0.1) is 12.8 Å². The van der Waals surface area contributed by atoms with Crippen LogP contribution in [0.3, 0.4) is 0 Å². The van der Waals surface area contributed by atoms with Crippen molar-refractivity contribution in [3.8, 4) is 5.75 Å². The van der Waals surface area contributed by atoms with Gasteiger partial charge in [0, 0.05) is 32.1 Å². The van der Waals surface area contributed by atoms with E-state index in [2.05, 4.69) is 25.3 Å². The summed E-state index contributed by atoms with van der Waals surface area (Å²) in [5.74, 6) is 2.02. The number of hydrogen-bond donors (Lipinski definition) is 1. The summed E-state index contributed by atoms with van der Waals surface area (Å²) in [7, 11) is 1.58. The van der Waals surface area contributed by atoms with E-state index >= 15 is 0 Å². The fraction of sp³-hybridized carbons (Fsp3) is 0.520. The number of methoxy groups -OCH3 is 1. The Morgan fingerprint density at radius 1 is 1.06 bits per heavy atom. The van der Waals surface area contributed by atoms with E-state index in [1.165, 1.54) is 18.2 Å². The zero-order valence-electron chi connectivity index (χ0n) is 20.0. The number of carbonyl (C=O) groups is 2. The van der Waals surface area contributed by atoms with Crippen molar-refractivity contribution in [1.82, 2.24) is 15.1 Å². The predicted octanol–water partition coefficient (Wildman–Crippen LogP) is 3.75. The van der Waals surface area contributed by atoms with Crippen molar-refractivity contribution in [3.63, 3.8) is 0 Å². The first-order valence-electron chi connectivity index (χ1n) is 12.0. The molecule has 0 atom stereocenters. The van der Waals surface area contributed by atoms with Gasteiger partial charge in [0.2, 0.25) is 11.8 Å². The molecule has 2 aromatic rings. The smallest absolute Gasteiger partial charge is 0.234 e. The number of hydrogen-bond acceptors (Lipinski definition) is 7. The molecule has 9 heteroatoms. The highest BCUT2D eigenvalue weighted by atomic mass is 32.2. The molecule has 2 saturated heterocycles. The quantitative estimate of drug-likeness (QED) is 0.600. The van der Waals surface area contributed by atoms with Gasteiger partial charge in [-0.05, 0) is 68.9 Å². The lowest BCUT2D eigenvalue weighted by Crippen LogP contribution is -2.44. The molecule has 0 aliphatic carbocycles. The standard InChI is InChI=1S/C25H33N5O3S/c1-18-6-7-21(33-2)20(16-18)26-23(31)17-34-24-9-8-22(27-28-24)29-14-10-19(11-15-29)25(32)30-12-4-3-5-13-30/h6-9,16,19H,3-5,10-15,17H2,1-2H3,(H,26,31). The molecule has 34 heavy (non-hydrogen) atoms. The topological polar surface area (TPSA) is 87.7 Å². The lowest BCUT2D eigenvalue weighted by Gasteiger charge is -2.35. The fourth-order valence-corrected chi connectivity index (χ4v) is 5.15. The van der Waals surface area contributed by atoms with Crippen LogP contribution in [0.1, 0.15) is 37.7 Å². The van der Waals surface area contributed by atoms with Gasteiger partial charge in [-0.15, -0.1) is 10.2 Å². The third-order valence-electron chi connectivity index (χ3n) is 6.44. The van der Waals surface area contributed by atoms with E-state index in [9.17, 15) is 9.59 Å². The van der Waals surface area contributed by atoms with Gasteiger partial charge < -0.3 is 19.9 Å². The van der Waals surface area contributed by atoms with Crippen LogP contribution in [0.15, 0.2) is 35.4 Å². The number of carbonyl (C=O) groups excluding carboxylic acids is 2. The molecule has 182 valence electrons. The molecule has 4 rings (SSSR count). The highest BCUT2D eigenvalue weighted by Crippen LogP contribution is 2.27. The second-order valence-electron chi connectivity index (χ2n) is 8.92. The molecule has 2 aliphatic heterocycles. The average molecular weight is 484 g/mol. The molecule has 0 saturated carbocycles. The Morgan fingerprint density at radius 3 is 2.50 bits per heavy atom. The molecule has 1 aromatic heterocycles. The lowest BCUT2D eigenvalue weighted by molar-refractivity contribution is -0.137. The highest BCUT2D eigenvalue weighted by molar-refractivity contribution is 7.99. The third-order valence-corrected chi connectivity index (χ3v) is 7.36. The number of nitrogens with zero attached hydrogens (tertiary/aromatic N) is 4. The maximum Gasteiger partial charge on any atom is 0.234 e. The molecule has 0 radical (unpaired) electrons. The molecular formula is C25H33N5O3S. The Balaban J connectivity index is 1.24. The largest absolute Gasteiger partial charge is 0.495 e. The molecule has 2 aliphatic rings. The summed E-state index contributed by atoms with van der Waals surface area (Å²) < 4.78 is 5.32. The minimum atomic E-state index is -0.125. The summed E-state index contributed by atoms with van der Waals surface area (Å²) in [6.07, 6.45) is 5.21. The van der Waals surface area contributed by atoms with Crippen molar-refractivity contribution in [2.24, 2.45) is 5.92 Å². The van der Waals surface area contributed by atoms with Gasteiger partial charge in [-0.3, -0.25) is 9.59 Å². The Morgan fingerprint density at radius 2 is 1.82 bits per heavy atom. The molecule has 1 aromatic carbocycles. The number of ether oxygens (including phenoxy) is 1.